The highest BCUT2D eigenvalue weighted by Crippen LogP contribution is 2.19. The molecule has 98 valence electrons. The van der Waals surface area contributed by atoms with Crippen molar-refractivity contribution in [2.75, 3.05) is 13.2 Å². The second-order valence-corrected chi connectivity index (χ2v) is 4.78. The van der Waals surface area contributed by atoms with Gasteiger partial charge in [-0.05, 0) is 12.3 Å². The van der Waals surface area contributed by atoms with Crippen LogP contribution in [0.2, 0.25) is 0 Å². The Labute approximate surface area is 104 Å². The fourth-order valence-electron chi connectivity index (χ4n) is 1.74. The van der Waals surface area contributed by atoms with Gasteiger partial charge in [0, 0.05) is 12.0 Å². The summed E-state index contributed by atoms with van der Waals surface area (Å²) in [5.74, 6) is 0.235. The highest BCUT2D eigenvalue weighted by Gasteiger charge is 2.26. The molecule has 3 heteroatoms. The van der Waals surface area contributed by atoms with Crippen molar-refractivity contribution in [2.45, 2.75) is 52.1 Å². The van der Waals surface area contributed by atoms with Crippen LogP contribution < -0.4 is 0 Å². The number of rotatable bonds is 9. The van der Waals surface area contributed by atoms with E-state index in [1.807, 2.05) is 0 Å². The highest BCUT2D eigenvalue weighted by atomic mass is 16.6. The van der Waals surface area contributed by atoms with Gasteiger partial charge in [0.1, 0.15) is 0 Å². The van der Waals surface area contributed by atoms with Crippen molar-refractivity contribution in [1.82, 2.24) is 0 Å². The molecule has 1 rings (SSSR count). The Hall–Kier alpha value is -0.830. The summed E-state index contributed by atoms with van der Waals surface area (Å²) in [6.45, 7) is 9.34. The normalized spacial score (nSPS) is 19.8. The molecule has 0 N–H and O–H groups in total. The fraction of sp³-hybridized carbons (Fsp3) is 0.786. The topological polar surface area (TPSA) is 38.8 Å². The number of unbranched alkanes of at least 4 members (excludes halogenated alkanes) is 1. The maximum absolute atomic E-state index is 11.6. The summed E-state index contributed by atoms with van der Waals surface area (Å²) in [5, 5.41) is 0. The predicted molar refractivity (Wildman–Crippen MR) is 67.8 cm³/mol. The number of hydrogen-bond donors (Lipinski definition) is 0. The predicted octanol–water partition coefficient (Wildman–Crippen LogP) is 3.09. The minimum absolute atomic E-state index is 0.206. The van der Waals surface area contributed by atoms with Crippen molar-refractivity contribution in [3.63, 3.8) is 0 Å². The number of hydrogen-bond acceptors (Lipinski definition) is 3. The van der Waals surface area contributed by atoms with Crippen LogP contribution in [0.25, 0.3) is 0 Å². The Bertz CT molecular complexity index is 256. The molecule has 1 saturated heterocycles. The van der Waals surface area contributed by atoms with E-state index in [-0.39, 0.29) is 12.1 Å². The van der Waals surface area contributed by atoms with Gasteiger partial charge in [-0.3, -0.25) is 0 Å². The molecule has 1 aliphatic heterocycles. The molecule has 1 fully saturated rings. The van der Waals surface area contributed by atoms with E-state index in [0.717, 1.165) is 19.4 Å². The third-order valence-electron chi connectivity index (χ3n) is 3.16. The van der Waals surface area contributed by atoms with Crippen LogP contribution in [-0.2, 0) is 14.3 Å². The zero-order valence-electron chi connectivity index (χ0n) is 11.0. The van der Waals surface area contributed by atoms with Crippen molar-refractivity contribution in [2.24, 2.45) is 5.92 Å². The first-order valence-electron chi connectivity index (χ1n) is 6.63. The maximum Gasteiger partial charge on any atom is 0.333 e. The largest absolute Gasteiger partial charge is 0.462 e. The van der Waals surface area contributed by atoms with Gasteiger partial charge in [0.2, 0.25) is 0 Å². The van der Waals surface area contributed by atoms with Crippen LogP contribution in [-0.4, -0.2) is 25.3 Å². The summed E-state index contributed by atoms with van der Waals surface area (Å²) in [5.41, 5.74) is 0.540. The van der Waals surface area contributed by atoms with Gasteiger partial charge in [-0.2, -0.15) is 0 Å². The summed E-state index contributed by atoms with van der Waals surface area (Å²) in [4.78, 5) is 11.6. The Morgan fingerprint density at radius 2 is 2.24 bits per heavy atom. The van der Waals surface area contributed by atoms with Gasteiger partial charge in [-0.15, -0.1) is 0 Å². The average Bonchev–Trinajstić information content (AvgIpc) is 3.12. The van der Waals surface area contributed by atoms with Crippen molar-refractivity contribution in [3.8, 4) is 0 Å². The van der Waals surface area contributed by atoms with E-state index in [1.165, 1.54) is 12.8 Å². The fourth-order valence-corrected chi connectivity index (χ4v) is 1.74. The molecule has 0 aromatic carbocycles. The molecular formula is C14H24O3. The lowest BCUT2D eigenvalue weighted by Crippen LogP contribution is -2.15. The van der Waals surface area contributed by atoms with E-state index in [9.17, 15) is 4.79 Å². The van der Waals surface area contributed by atoms with Crippen LogP contribution in [0, 0.1) is 5.92 Å². The van der Waals surface area contributed by atoms with E-state index >= 15 is 0 Å². The van der Waals surface area contributed by atoms with Gasteiger partial charge in [0.25, 0.3) is 0 Å². The van der Waals surface area contributed by atoms with Crippen LogP contribution in [0.4, 0.5) is 0 Å². The third kappa shape index (κ3) is 5.87. The molecule has 2 atom stereocenters. The first-order valence-corrected chi connectivity index (χ1v) is 6.63. The van der Waals surface area contributed by atoms with Crippen LogP contribution in [0.15, 0.2) is 12.2 Å². The minimum Gasteiger partial charge on any atom is -0.462 e. The monoisotopic (exact) mass is 240 g/mol. The number of carbonyl (C=O) groups is 1. The molecule has 0 aromatic rings. The van der Waals surface area contributed by atoms with Crippen LogP contribution in [0.3, 0.4) is 0 Å². The van der Waals surface area contributed by atoms with E-state index in [4.69, 9.17) is 9.47 Å². The van der Waals surface area contributed by atoms with Crippen molar-refractivity contribution in [1.29, 1.82) is 0 Å². The van der Waals surface area contributed by atoms with Crippen LogP contribution in [0.1, 0.15) is 46.0 Å². The molecule has 3 nitrogen and oxygen atoms in total. The molecular weight excluding hydrogens is 216 g/mol. The van der Waals surface area contributed by atoms with Gasteiger partial charge in [0.05, 0.1) is 19.3 Å². The Kier molecular flexibility index (Phi) is 6.27. The summed E-state index contributed by atoms with van der Waals surface area (Å²) < 4.78 is 10.3. The lowest BCUT2D eigenvalue weighted by atomic mass is 10.0. The highest BCUT2D eigenvalue weighted by molar-refractivity contribution is 5.87. The van der Waals surface area contributed by atoms with Crippen LogP contribution in [0.5, 0.6) is 0 Å². The zero-order chi connectivity index (χ0) is 12.7. The summed E-state index contributed by atoms with van der Waals surface area (Å²) >= 11 is 0. The Morgan fingerprint density at radius 3 is 2.76 bits per heavy atom. The number of esters is 1. The number of carbonyl (C=O) groups excluding carboxylic acids is 1. The molecule has 0 spiro atoms. The van der Waals surface area contributed by atoms with E-state index in [1.54, 1.807) is 0 Å². The molecule has 0 amide bonds. The summed E-state index contributed by atoms with van der Waals surface area (Å²) in [6, 6.07) is 0. The van der Waals surface area contributed by atoms with E-state index < -0.39 is 0 Å². The standard InChI is InChI=1S/C14H24O3/c1-4-6-7-12(5-2)9-17-14(15)11(3)8-13-10-16-13/h12-13H,3-10H2,1-2H3. The molecule has 0 aliphatic carbocycles. The second kappa shape index (κ2) is 7.49. The first-order chi connectivity index (χ1) is 8.17. The maximum atomic E-state index is 11.6. The van der Waals surface area contributed by atoms with Crippen LogP contribution >= 0.6 is 0 Å². The summed E-state index contributed by atoms with van der Waals surface area (Å²) in [6.07, 6.45) is 5.41. The van der Waals surface area contributed by atoms with Crippen molar-refractivity contribution >= 4 is 5.97 Å². The first kappa shape index (κ1) is 14.2. The average molecular weight is 240 g/mol. The molecule has 17 heavy (non-hydrogen) atoms. The van der Waals surface area contributed by atoms with Crippen molar-refractivity contribution < 1.29 is 14.3 Å². The lowest BCUT2D eigenvalue weighted by molar-refractivity contribution is -0.140. The molecule has 0 radical (unpaired) electrons. The molecule has 0 aromatic heterocycles. The van der Waals surface area contributed by atoms with Gasteiger partial charge in [-0.25, -0.2) is 4.79 Å². The third-order valence-corrected chi connectivity index (χ3v) is 3.16. The summed E-state index contributed by atoms with van der Waals surface area (Å²) in [7, 11) is 0. The van der Waals surface area contributed by atoms with Crippen molar-refractivity contribution in [3.05, 3.63) is 12.2 Å². The molecule has 1 aliphatic rings. The Morgan fingerprint density at radius 1 is 1.53 bits per heavy atom. The van der Waals surface area contributed by atoms with Gasteiger partial charge in [-0.1, -0.05) is 39.7 Å². The minimum atomic E-state index is -0.254. The molecule has 1 heterocycles. The lowest BCUT2D eigenvalue weighted by Gasteiger charge is -2.15. The van der Waals surface area contributed by atoms with E-state index in [2.05, 4.69) is 20.4 Å². The second-order valence-electron chi connectivity index (χ2n) is 4.78. The SMILES string of the molecule is C=C(CC1CO1)C(=O)OCC(CC)CCCC. The Balaban J connectivity index is 2.17. The molecule has 2 unspecified atom stereocenters. The van der Waals surface area contributed by atoms with E-state index in [0.29, 0.717) is 24.5 Å². The van der Waals surface area contributed by atoms with Gasteiger partial charge >= 0.3 is 5.97 Å². The zero-order valence-corrected chi connectivity index (χ0v) is 11.0. The number of ether oxygens (including phenoxy) is 2. The quantitative estimate of drug-likeness (QED) is 0.353. The number of epoxide rings is 1. The van der Waals surface area contributed by atoms with Gasteiger partial charge < -0.3 is 9.47 Å². The molecule has 0 bridgehead atoms. The van der Waals surface area contributed by atoms with Gasteiger partial charge in [0.15, 0.2) is 0 Å². The molecule has 0 saturated carbocycles. The smallest absolute Gasteiger partial charge is 0.333 e.